The van der Waals surface area contributed by atoms with Crippen molar-refractivity contribution in [1.82, 2.24) is 5.32 Å². The monoisotopic (exact) mass is 255 g/mol. The van der Waals surface area contributed by atoms with Gasteiger partial charge in [0.05, 0.1) is 13.2 Å². The number of methoxy groups -OCH3 is 1. The van der Waals surface area contributed by atoms with Gasteiger partial charge < -0.3 is 10.1 Å². The lowest BCUT2D eigenvalue weighted by atomic mass is 10.0. The number of hydrogen-bond acceptors (Lipinski definition) is 2. The number of amides is 1. The summed E-state index contributed by atoms with van der Waals surface area (Å²) >= 11 is 5.72. The van der Waals surface area contributed by atoms with E-state index in [1.807, 2.05) is 32.0 Å². The Bertz CT molecular complexity index is 404. The second kappa shape index (κ2) is 5.92. The van der Waals surface area contributed by atoms with E-state index < -0.39 is 5.38 Å². The van der Waals surface area contributed by atoms with Gasteiger partial charge in [0.15, 0.2) is 0 Å². The van der Waals surface area contributed by atoms with Gasteiger partial charge >= 0.3 is 0 Å². The molecule has 1 amide bonds. The van der Waals surface area contributed by atoms with Crippen LogP contribution in [0.3, 0.4) is 0 Å². The Morgan fingerprint density at radius 3 is 2.59 bits per heavy atom. The predicted octanol–water partition coefficient (Wildman–Crippen LogP) is 2.81. The molecule has 1 rings (SSSR count). The van der Waals surface area contributed by atoms with Crippen LogP contribution in [-0.4, -0.2) is 18.4 Å². The van der Waals surface area contributed by atoms with Crippen LogP contribution in [0.1, 0.15) is 31.0 Å². The van der Waals surface area contributed by atoms with Crippen LogP contribution < -0.4 is 10.1 Å². The molecule has 0 aromatic heterocycles. The lowest BCUT2D eigenvalue weighted by Gasteiger charge is -2.18. The van der Waals surface area contributed by atoms with Crippen LogP contribution in [0.5, 0.6) is 5.75 Å². The normalized spacial score (nSPS) is 13.9. The summed E-state index contributed by atoms with van der Waals surface area (Å²) in [6.07, 6.45) is 0. The highest BCUT2D eigenvalue weighted by Crippen LogP contribution is 2.26. The first-order valence-corrected chi connectivity index (χ1v) is 5.98. The van der Waals surface area contributed by atoms with Crippen LogP contribution in [0.25, 0.3) is 0 Å². The van der Waals surface area contributed by atoms with Gasteiger partial charge in [-0.2, -0.15) is 0 Å². The maximum Gasteiger partial charge on any atom is 0.238 e. The summed E-state index contributed by atoms with van der Waals surface area (Å²) in [5.74, 6) is 0.591. The number of alkyl halides is 1. The lowest BCUT2D eigenvalue weighted by Crippen LogP contribution is -2.32. The molecule has 0 spiro atoms. The zero-order valence-electron chi connectivity index (χ0n) is 10.6. The molecule has 3 nitrogen and oxygen atoms in total. The number of carbonyl (C=O) groups excluding carboxylic acids is 1. The van der Waals surface area contributed by atoms with E-state index in [1.54, 1.807) is 14.0 Å². The predicted molar refractivity (Wildman–Crippen MR) is 69.6 cm³/mol. The molecule has 0 saturated heterocycles. The average molecular weight is 256 g/mol. The molecule has 1 aromatic rings. The van der Waals surface area contributed by atoms with Crippen molar-refractivity contribution in [3.8, 4) is 5.75 Å². The van der Waals surface area contributed by atoms with Crippen LogP contribution in [0, 0.1) is 6.92 Å². The SMILES string of the molecule is COc1ccc(C)cc1C(C)NC(=O)C(C)Cl. The van der Waals surface area contributed by atoms with Crippen molar-refractivity contribution in [2.75, 3.05) is 7.11 Å². The summed E-state index contributed by atoms with van der Waals surface area (Å²) in [6.45, 7) is 5.56. The molecule has 94 valence electrons. The summed E-state index contributed by atoms with van der Waals surface area (Å²) in [4.78, 5) is 11.5. The van der Waals surface area contributed by atoms with Gasteiger partial charge in [0, 0.05) is 5.56 Å². The third kappa shape index (κ3) is 3.63. The molecular weight excluding hydrogens is 238 g/mol. The van der Waals surface area contributed by atoms with Gasteiger partial charge in [0.25, 0.3) is 0 Å². The Labute approximate surface area is 107 Å². The number of rotatable bonds is 4. The van der Waals surface area contributed by atoms with E-state index in [0.717, 1.165) is 16.9 Å². The van der Waals surface area contributed by atoms with Gasteiger partial charge in [-0.1, -0.05) is 17.7 Å². The largest absolute Gasteiger partial charge is 0.496 e. The van der Waals surface area contributed by atoms with E-state index in [0.29, 0.717) is 0 Å². The molecule has 1 aromatic carbocycles. The van der Waals surface area contributed by atoms with Crippen LogP contribution in [0.4, 0.5) is 0 Å². The highest BCUT2D eigenvalue weighted by molar-refractivity contribution is 6.30. The zero-order valence-corrected chi connectivity index (χ0v) is 11.3. The number of aryl methyl sites for hydroxylation is 1. The zero-order chi connectivity index (χ0) is 13.0. The molecule has 0 aliphatic carbocycles. The fourth-order valence-corrected chi connectivity index (χ4v) is 1.66. The van der Waals surface area contributed by atoms with Crippen molar-refractivity contribution in [1.29, 1.82) is 0 Å². The minimum Gasteiger partial charge on any atom is -0.496 e. The first-order chi connectivity index (χ1) is 7.95. The van der Waals surface area contributed by atoms with E-state index in [2.05, 4.69) is 5.32 Å². The molecule has 0 aliphatic rings. The summed E-state index contributed by atoms with van der Waals surface area (Å²) < 4.78 is 5.28. The maximum atomic E-state index is 11.5. The fourth-order valence-electron chi connectivity index (χ4n) is 1.60. The molecule has 0 radical (unpaired) electrons. The lowest BCUT2D eigenvalue weighted by molar-refractivity contribution is -0.121. The first kappa shape index (κ1) is 13.8. The van der Waals surface area contributed by atoms with Crippen molar-refractivity contribution < 1.29 is 9.53 Å². The second-order valence-electron chi connectivity index (χ2n) is 4.09. The Morgan fingerprint density at radius 2 is 2.06 bits per heavy atom. The molecule has 0 fully saturated rings. The van der Waals surface area contributed by atoms with Gasteiger partial charge in [-0.15, -0.1) is 11.6 Å². The number of carbonyl (C=O) groups is 1. The van der Waals surface area contributed by atoms with Crippen LogP contribution in [-0.2, 0) is 4.79 Å². The topological polar surface area (TPSA) is 38.3 Å². The van der Waals surface area contributed by atoms with Crippen molar-refractivity contribution in [2.24, 2.45) is 0 Å². The van der Waals surface area contributed by atoms with Gasteiger partial charge in [-0.3, -0.25) is 4.79 Å². The molecule has 17 heavy (non-hydrogen) atoms. The molecule has 0 bridgehead atoms. The second-order valence-corrected chi connectivity index (χ2v) is 4.75. The summed E-state index contributed by atoms with van der Waals surface area (Å²) in [6, 6.07) is 5.75. The Hall–Kier alpha value is -1.22. The quantitative estimate of drug-likeness (QED) is 0.841. The Kier molecular flexibility index (Phi) is 4.82. The van der Waals surface area contributed by atoms with Crippen molar-refractivity contribution >= 4 is 17.5 Å². The van der Waals surface area contributed by atoms with E-state index in [9.17, 15) is 4.79 Å². The van der Waals surface area contributed by atoms with Crippen molar-refractivity contribution in [3.63, 3.8) is 0 Å². The molecule has 1 N–H and O–H groups in total. The smallest absolute Gasteiger partial charge is 0.238 e. The molecule has 4 heteroatoms. The van der Waals surface area contributed by atoms with E-state index >= 15 is 0 Å². The third-order valence-corrected chi connectivity index (χ3v) is 2.77. The summed E-state index contributed by atoms with van der Waals surface area (Å²) in [5, 5.41) is 2.31. The maximum absolute atomic E-state index is 11.5. The van der Waals surface area contributed by atoms with E-state index in [4.69, 9.17) is 16.3 Å². The highest BCUT2D eigenvalue weighted by Gasteiger charge is 2.16. The number of nitrogens with one attached hydrogen (secondary N) is 1. The summed E-state index contributed by atoms with van der Waals surface area (Å²) in [5.41, 5.74) is 2.08. The van der Waals surface area contributed by atoms with Gasteiger partial charge in [-0.25, -0.2) is 0 Å². The minimum atomic E-state index is -0.534. The summed E-state index contributed by atoms with van der Waals surface area (Å²) in [7, 11) is 1.62. The molecular formula is C13H18ClNO2. The average Bonchev–Trinajstić information content (AvgIpc) is 2.28. The molecule has 2 unspecified atom stereocenters. The van der Waals surface area contributed by atoms with E-state index in [-0.39, 0.29) is 11.9 Å². The van der Waals surface area contributed by atoms with Gasteiger partial charge in [0.2, 0.25) is 5.91 Å². The minimum absolute atomic E-state index is 0.126. The standard InChI is InChI=1S/C13H18ClNO2/c1-8-5-6-12(17-4)11(7-8)10(3)15-13(16)9(2)14/h5-7,9-10H,1-4H3,(H,15,16). The van der Waals surface area contributed by atoms with Crippen LogP contribution in [0.15, 0.2) is 18.2 Å². The molecule has 0 heterocycles. The number of benzene rings is 1. The number of halogens is 1. The third-order valence-electron chi connectivity index (χ3n) is 2.57. The van der Waals surface area contributed by atoms with Crippen molar-refractivity contribution in [3.05, 3.63) is 29.3 Å². The molecule has 0 aliphatic heterocycles. The van der Waals surface area contributed by atoms with Gasteiger partial charge in [-0.05, 0) is 26.8 Å². The highest BCUT2D eigenvalue weighted by atomic mass is 35.5. The van der Waals surface area contributed by atoms with E-state index in [1.165, 1.54) is 0 Å². The van der Waals surface area contributed by atoms with Crippen LogP contribution in [0.2, 0.25) is 0 Å². The number of hydrogen-bond donors (Lipinski definition) is 1. The van der Waals surface area contributed by atoms with Crippen LogP contribution >= 0.6 is 11.6 Å². The van der Waals surface area contributed by atoms with Gasteiger partial charge in [0.1, 0.15) is 11.1 Å². The Morgan fingerprint density at radius 1 is 1.41 bits per heavy atom. The number of ether oxygens (including phenoxy) is 1. The Balaban J connectivity index is 2.91. The molecule has 0 saturated carbocycles. The first-order valence-electron chi connectivity index (χ1n) is 5.54. The fraction of sp³-hybridized carbons (Fsp3) is 0.462. The molecule has 2 atom stereocenters. The van der Waals surface area contributed by atoms with Crippen molar-refractivity contribution in [2.45, 2.75) is 32.2 Å².